The number of fused-ring (bicyclic) bond motifs is 8. The van der Waals surface area contributed by atoms with Crippen LogP contribution in [0, 0.1) is 11.8 Å². The second-order valence-corrected chi connectivity index (χ2v) is 18.5. The number of benzene rings is 8. The number of hydrogen-bond acceptors (Lipinski definition) is 3. The van der Waals surface area contributed by atoms with E-state index in [2.05, 4.69) is 235 Å². The number of hydrogen-bond donors (Lipinski definition) is 0. The van der Waals surface area contributed by atoms with Crippen molar-refractivity contribution in [3.63, 3.8) is 0 Å². The summed E-state index contributed by atoms with van der Waals surface area (Å²) in [7, 11) is 0. The van der Waals surface area contributed by atoms with Crippen molar-refractivity contribution in [2.75, 3.05) is 4.90 Å². The highest BCUT2D eigenvalue weighted by Crippen LogP contribution is 2.77. The van der Waals surface area contributed by atoms with Gasteiger partial charge < -0.3 is 9.47 Å². The highest BCUT2D eigenvalue weighted by atomic mass is 15.3. The molecule has 4 heteroatoms. The molecule has 4 aliphatic rings. The zero-order valence-corrected chi connectivity index (χ0v) is 36.5. The molecule has 2 aromatic heterocycles. The molecule has 10 aromatic rings. The first kappa shape index (κ1) is 37.3. The molecule has 3 heterocycles. The van der Waals surface area contributed by atoms with E-state index in [0.29, 0.717) is 17.8 Å². The highest BCUT2D eigenvalue weighted by Gasteiger charge is 2.74. The zero-order chi connectivity index (χ0) is 43.5. The van der Waals surface area contributed by atoms with E-state index in [1.54, 1.807) is 0 Å². The van der Waals surface area contributed by atoms with Crippen LogP contribution in [0.3, 0.4) is 0 Å². The molecule has 1 fully saturated rings. The van der Waals surface area contributed by atoms with Crippen molar-refractivity contribution in [2.45, 2.75) is 24.8 Å². The van der Waals surface area contributed by atoms with Crippen LogP contribution in [0.5, 0.6) is 0 Å². The van der Waals surface area contributed by atoms with E-state index in [4.69, 9.17) is 9.97 Å². The Hall–Kier alpha value is -8.08. The first-order valence-corrected chi connectivity index (χ1v) is 23.3. The Labute approximate surface area is 384 Å². The summed E-state index contributed by atoms with van der Waals surface area (Å²) in [4.78, 5) is 13.4. The number of para-hydroxylation sites is 3. The molecule has 4 nitrogen and oxygen atoms in total. The molecule has 312 valence electrons. The van der Waals surface area contributed by atoms with E-state index < -0.39 is 0 Å². The fourth-order valence-electron chi connectivity index (χ4n) is 11.9. The predicted octanol–water partition coefficient (Wildman–Crippen LogP) is 15.5. The molecule has 66 heavy (non-hydrogen) atoms. The maximum Gasteiger partial charge on any atom is 0.160 e. The number of anilines is 2. The molecule has 14 rings (SSSR count). The van der Waals surface area contributed by atoms with Gasteiger partial charge >= 0.3 is 0 Å². The maximum atomic E-state index is 5.44. The summed E-state index contributed by atoms with van der Waals surface area (Å²) in [6, 6.07) is 68.9. The lowest BCUT2D eigenvalue weighted by Crippen LogP contribution is -2.33. The summed E-state index contributed by atoms with van der Waals surface area (Å²) < 4.78 is 2.37. The molecule has 1 aliphatic heterocycles. The minimum atomic E-state index is -0.0949. The second-order valence-electron chi connectivity index (χ2n) is 18.5. The molecular formula is C62H44N4. The lowest BCUT2D eigenvalue weighted by molar-refractivity contribution is 0.665. The van der Waals surface area contributed by atoms with Crippen LogP contribution >= 0.6 is 0 Å². The van der Waals surface area contributed by atoms with Gasteiger partial charge in [0.15, 0.2) is 5.82 Å². The Morgan fingerprint density at radius 3 is 2.06 bits per heavy atom. The molecule has 0 bridgehead atoms. The summed E-state index contributed by atoms with van der Waals surface area (Å²) >= 11 is 0. The molecule has 2 unspecified atom stereocenters. The van der Waals surface area contributed by atoms with Gasteiger partial charge in [0.1, 0.15) is 0 Å². The van der Waals surface area contributed by atoms with Crippen molar-refractivity contribution in [3.05, 3.63) is 235 Å². The van der Waals surface area contributed by atoms with Crippen molar-refractivity contribution >= 4 is 55.7 Å². The number of allylic oxidation sites excluding steroid dienone is 4. The average molecular weight is 845 g/mol. The first-order valence-electron chi connectivity index (χ1n) is 23.3. The monoisotopic (exact) mass is 844 g/mol. The van der Waals surface area contributed by atoms with Crippen molar-refractivity contribution in [2.24, 2.45) is 11.8 Å². The van der Waals surface area contributed by atoms with E-state index in [0.717, 1.165) is 45.7 Å². The quantitative estimate of drug-likeness (QED) is 0.167. The Balaban J connectivity index is 0.839. The summed E-state index contributed by atoms with van der Waals surface area (Å²) in [5.74, 6) is 1.91. The topological polar surface area (TPSA) is 34.0 Å². The fourth-order valence-corrected chi connectivity index (χ4v) is 11.9. The lowest BCUT2D eigenvalue weighted by atomic mass is 9.88. The van der Waals surface area contributed by atoms with Crippen molar-refractivity contribution in [1.82, 2.24) is 14.5 Å². The fraction of sp³-hybridized carbons (Fsp3) is 0.0968. The van der Waals surface area contributed by atoms with Crippen LogP contribution in [0.15, 0.2) is 212 Å². The highest BCUT2D eigenvalue weighted by molar-refractivity contribution is 6.10. The molecule has 0 N–H and O–H groups in total. The SMILES string of the molecule is C[C@H]1CC=CC=C1c1nc(-c2ccc(-c3ccc4c(c3)C3[C@@H]5C=Cc6ccccc6C35N4c3ccccc3)cc2)nc2ccc(-c3ccc4c(c3)c3ccccc3n4-c3ccccc3)cc12. The smallest absolute Gasteiger partial charge is 0.160 e. The van der Waals surface area contributed by atoms with E-state index in [1.165, 1.54) is 72.1 Å². The third-order valence-electron chi connectivity index (χ3n) is 15.0. The van der Waals surface area contributed by atoms with E-state index >= 15 is 0 Å². The molecule has 4 atom stereocenters. The van der Waals surface area contributed by atoms with Gasteiger partial charge in [-0.1, -0.05) is 159 Å². The standard InChI is InChI=1S/C62H44N4/c1-39-14-8-10-20-48(39)60-51-37-44(45-30-34-57-50(36-45)49-21-11-13-23-56(49)65(57)46-16-4-2-5-17-46)29-33-55(51)63-61(64-60)42-26-24-40(25-27-42)43-31-35-58-52(38-43)59-54-32-28-41-15-9-12-22-53(41)62(54,59)66(58)47-18-6-3-7-19-47/h2-13,15-39,54,59H,14H2,1H3/t39-,54-,59?,62?/m0/s1. The van der Waals surface area contributed by atoms with Gasteiger partial charge in [0.05, 0.1) is 27.8 Å². The Bertz CT molecular complexity index is 3710. The van der Waals surface area contributed by atoms with Crippen LogP contribution < -0.4 is 4.90 Å². The zero-order valence-electron chi connectivity index (χ0n) is 36.5. The van der Waals surface area contributed by atoms with Gasteiger partial charge in [-0.25, -0.2) is 9.97 Å². The Kier molecular flexibility index (Phi) is 8.03. The van der Waals surface area contributed by atoms with E-state index in [-0.39, 0.29) is 5.54 Å². The number of rotatable bonds is 6. The van der Waals surface area contributed by atoms with Gasteiger partial charge in [-0.3, -0.25) is 0 Å². The second kappa shape index (κ2) is 14.2. The van der Waals surface area contributed by atoms with Crippen LogP contribution in [0.4, 0.5) is 11.4 Å². The average Bonchev–Trinajstić information content (AvgIpc) is 3.82. The van der Waals surface area contributed by atoms with Gasteiger partial charge in [-0.2, -0.15) is 0 Å². The predicted molar refractivity (Wildman–Crippen MR) is 273 cm³/mol. The van der Waals surface area contributed by atoms with Crippen molar-refractivity contribution < 1.29 is 0 Å². The lowest BCUT2D eigenvalue weighted by Gasteiger charge is -2.35. The van der Waals surface area contributed by atoms with Gasteiger partial charge in [-0.15, -0.1) is 0 Å². The summed E-state index contributed by atoms with van der Waals surface area (Å²) in [6.45, 7) is 2.31. The normalized spacial score (nSPS) is 20.0. The van der Waals surface area contributed by atoms with Crippen LogP contribution in [0.25, 0.3) is 83.7 Å². The van der Waals surface area contributed by atoms with Crippen LogP contribution in [0.1, 0.15) is 41.6 Å². The van der Waals surface area contributed by atoms with Gasteiger partial charge in [-0.05, 0) is 124 Å². The maximum absolute atomic E-state index is 5.44. The third kappa shape index (κ3) is 5.39. The Morgan fingerprint density at radius 1 is 0.561 bits per heavy atom. The van der Waals surface area contributed by atoms with Crippen LogP contribution in [0.2, 0.25) is 0 Å². The largest absolute Gasteiger partial charge is 0.330 e. The summed E-state index contributed by atoms with van der Waals surface area (Å²) in [5.41, 5.74) is 19.2. The van der Waals surface area contributed by atoms with Crippen molar-refractivity contribution in [1.29, 1.82) is 0 Å². The molecule has 3 aliphatic carbocycles. The van der Waals surface area contributed by atoms with Gasteiger partial charge in [0.2, 0.25) is 0 Å². The van der Waals surface area contributed by atoms with Crippen LogP contribution in [-0.4, -0.2) is 14.5 Å². The minimum Gasteiger partial charge on any atom is -0.330 e. The molecule has 0 radical (unpaired) electrons. The summed E-state index contributed by atoms with van der Waals surface area (Å²) in [5, 5.41) is 3.56. The molecular weight excluding hydrogens is 801 g/mol. The van der Waals surface area contributed by atoms with E-state index in [9.17, 15) is 0 Å². The summed E-state index contributed by atoms with van der Waals surface area (Å²) in [6.07, 6.45) is 12.5. The van der Waals surface area contributed by atoms with Gasteiger partial charge in [0.25, 0.3) is 0 Å². The molecule has 0 amide bonds. The first-order chi connectivity index (χ1) is 32.6. The van der Waals surface area contributed by atoms with Crippen LogP contribution in [-0.2, 0) is 5.54 Å². The third-order valence-corrected chi connectivity index (χ3v) is 15.0. The Morgan fingerprint density at radius 2 is 1.23 bits per heavy atom. The van der Waals surface area contributed by atoms with Gasteiger partial charge in [0, 0.05) is 50.6 Å². The number of aromatic nitrogens is 3. The molecule has 0 saturated heterocycles. The number of nitrogens with zero attached hydrogens (tertiary/aromatic N) is 4. The van der Waals surface area contributed by atoms with Crippen molar-refractivity contribution in [3.8, 4) is 39.3 Å². The minimum absolute atomic E-state index is 0.0949. The van der Waals surface area contributed by atoms with E-state index in [1.807, 2.05) is 0 Å². The molecule has 8 aromatic carbocycles. The molecule has 1 spiro atoms. The molecule has 1 saturated carbocycles.